The molecule has 0 saturated heterocycles. The van der Waals surface area contributed by atoms with Gasteiger partial charge in [-0.05, 0) is 49.9 Å². The van der Waals surface area contributed by atoms with E-state index < -0.39 is 0 Å². The van der Waals surface area contributed by atoms with Crippen molar-refractivity contribution in [3.63, 3.8) is 0 Å². The third kappa shape index (κ3) is 3.50. The van der Waals surface area contributed by atoms with Gasteiger partial charge < -0.3 is 14.6 Å². The molecule has 1 saturated carbocycles. The Morgan fingerprint density at radius 3 is 2.68 bits per heavy atom. The first-order valence-electron chi connectivity index (χ1n) is 9.22. The number of amides is 1. The van der Waals surface area contributed by atoms with Crippen LogP contribution in [-0.4, -0.2) is 28.7 Å². The molecule has 1 aliphatic carbocycles. The summed E-state index contributed by atoms with van der Waals surface area (Å²) in [6, 6.07) is 6.18. The molecule has 1 N–H and O–H groups in total. The van der Waals surface area contributed by atoms with E-state index in [1.165, 1.54) is 12.4 Å². The van der Waals surface area contributed by atoms with Crippen LogP contribution in [0, 0.1) is 6.92 Å². The zero-order valence-electron chi connectivity index (χ0n) is 15.7. The van der Waals surface area contributed by atoms with Crippen LogP contribution < -0.4 is 5.32 Å². The highest BCUT2D eigenvalue weighted by atomic mass is 35.5. The number of carbonyl (C=O) groups is 1. The lowest BCUT2D eigenvalue weighted by Crippen LogP contribution is -2.13. The second-order valence-electron chi connectivity index (χ2n) is 7.21. The van der Waals surface area contributed by atoms with Crippen LogP contribution in [0.5, 0.6) is 0 Å². The van der Waals surface area contributed by atoms with Gasteiger partial charge in [0.2, 0.25) is 0 Å². The molecule has 0 aliphatic heterocycles. The molecule has 1 aliphatic rings. The molecule has 5 nitrogen and oxygen atoms in total. The van der Waals surface area contributed by atoms with Crippen molar-refractivity contribution >= 4 is 45.7 Å². The number of anilines is 1. The topological polar surface area (TPSA) is 56.1 Å². The van der Waals surface area contributed by atoms with Gasteiger partial charge in [-0.25, -0.2) is 0 Å². The monoisotopic (exact) mass is 417 g/mol. The van der Waals surface area contributed by atoms with Crippen LogP contribution in [0.15, 0.2) is 36.8 Å². The molecule has 2 aromatic heterocycles. The molecular formula is C21H21Cl2N3O2. The zero-order valence-corrected chi connectivity index (χ0v) is 17.2. The van der Waals surface area contributed by atoms with Crippen molar-refractivity contribution in [1.82, 2.24) is 9.55 Å². The summed E-state index contributed by atoms with van der Waals surface area (Å²) >= 11 is 12.2. The Morgan fingerprint density at radius 2 is 2.00 bits per heavy atom. The van der Waals surface area contributed by atoms with Gasteiger partial charge in [-0.2, -0.15) is 0 Å². The quantitative estimate of drug-likeness (QED) is 0.596. The van der Waals surface area contributed by atoms with Gasteiger partial charge in [-0.15, -0.1) is 0 Å². The first-order chi connectivity index (χ1) is 13.5. The summed E-state index contributed by atoms with van der Waals surface area (Å²) in [5.74, 6) is -0.260. The van der Waals surface area contributed by atoms with Crippen LogP contribution in [0.25, 0.3) is 10.9 Å². The average molecular weight is 418 g/mol. The highest BCUT2D eigenvalue weighted by Gasteiger charge is 2.27. The fourth-order valence-corrected chi connectivity index (χ4v) is 4.43. The van der Waals surface area contributed by atoms with Crippen molar-refractivity contribution in [3.05, 3.63) is 58.0 Å². The normalized spacial score (nSPS) is 19.3. The molecule has 3 aromatic rings. The van der Waals surface area contributed by atoms with Gasteiger partial charge >= 0.3 is 0 Å². The number of nitrogens with zero attached hydrogens (tertiary/aromatic N) is 2. The Hall–Kier alpha value is -2.08. The van der Waals surface area contributed by atoms with Crippen molar-refractivity contribution in [1.29, 1.82) is 0 Å². The van der Waals surface area contributed by atoms with Gasteiger partial charge in [0, 0.05) is 48.2 Å². The molecule has 4 rings (SSSR count). The van der Waals surface area contributed by atoms with Crippen LogP contribution in [-0.2, 0) is 4.74 Å². The number of ether oxygens (including phenoxy) is 1. The SMILES string of the molecule is COC1CCC(n2cc(C)c3cc(C(=O)Nc4c(Cl)cncc4Cl)ccc32)C1. The predicted octanol–water partition coefficient (Wildman–Crippen LogP) is 5.64. The van der Waals surface area contributed by atoms with E-state index in [4.69, 9.17) is 27.9 Å². The summed E-state index contributed by atoms with van der Waals surface area (Å²) in [7, 11) is 1.78. The van der Waals surface area contributed by atoms with E-state index in [9.17, 15) is 4.79 Å². The lowest BCUT2D eigenvalue weighted by Gasteiger charge is -2.14. The molecule has 2 heterocycles. The molecular weight excluding hydrogens is 397 g/mol. The van der Waals surface area contributed by atoms with E-state index in [-0.39, 0.29) is 5.91 Å². The van der Waals surface area contributed by atoms with Gasteiger partial charge in [0.15, 0.2) is 0 Å². The minimum absolute atomic E-state index is 0.260. The molecule has 1 amide bonds. The zero-order chi connectivity index (χ0) is 19.8. The minimum Gasteiger partial charge on any atom is -0.381 e. The lowest BCUT2D eigenvalue weighted by atomic mass is 10.1. The number of nitrogens with one attached hydrogen (secondary N) is 1. The maximum atomic E-state index is 12.7. The number of pyridine rings is 1. The fraction of sp³-hybridized carbons (Fsp3) is 0.333. The standard InChI is InChI=1S/C21H21Cl2N3O2/c1-12-11-26(14-4-5-15(8-14)28-2)19-6-3-13(7-16(12)19)21(27)25-20-17(22)9-24-10-18(20)23/h3,6-7,9-11,14-15H,4-5,8H2,1-2H3,(H,24,25,27). The van der Waals surface area contributed by atoms with Crippen molar-refractivity contribution in [2.75, 3.05) is 12.4 Å². The Kier molecular flexibility index (Phi) is 5.32. The highest BCUT2D eigenvalue weighted by molar-refractivity contribution is 6.39. The number of hydrogen-bond donors (Lipinski definition) is 1. The highest BCUT2D eigenvalue weighted by Crippen LogP contribution is 2.36. The number of aromatic nitrogens is 2. The maximum Gasteiger partial charge on any atom is 0.255 e. The molecule has 2 atom stereocenters. The number of aryl methyl sites for hydroxylation is 1. The molecule has 1 fully saturated rings. The number of rotatable bonds is 4. The summed E-state index contributed by atoms with van der Waals surface area (Å²) in [6.45, 7) is 2.07. The molecule has 0 spiro atoms. The number of carbonyl (C=O) groups excluding carboxylic acids is 1. The van der Waals surface area contributed by atoms with E-state index in [0.29, 0.717) is 33.4 Å². The van der Waals surface area contributed by atoms with E-state index in [1.54, 1.807) is 7.11 Å². The summed E-state index contributed by atoms with van der Waals surface area (Å²) in [5, 5.41) is 4.47. The van der Waals surface area contributed by atoms with Crippen LogP contribution in [0.1, 0.15) is 41.2 Å². The van der Waals surface area contributed by atoms with Gasteiger partial charge in [0.1, 0.15) is 0 Å². The van der Waals surface area contributed by atoms with Gasteiger partial charge in [-0.3, -0.25) is 9.78 Å². The predicted molar refractivity (Wildman–Crippen MR) is 113 cm³/mol. The number of halogens is 2. The van der Waals surface area contributed by atoms with Crippen molar-refractivity contribution in [2.24, 2.45) is 0 Å². The molecule has 0 radical (unpaired) electrons. The number of fused-ring (bicyclic) bond motifs is 1. The van der Waals surface area contributed by atoms with Crippen molar-refractivity contribution in [3.8, 4) is 0 Å². The van der Waals surface area contributed by atoms with Gasteiger partial charge in [0.05, 0.1) is 21.8 Å². The summed E-state index contributed by atoms with van der Waals surface area (Å²) in [5.41, 5.74) is 3.20. The van der Waals surface area contributed by atoms with Crippen molar-refractivity contribution < 1.29 is 9.53 Å². The smallest absolute Gasteiger partial charge is 0.255 e. The van der Waals surface area contributed by atoms with E-state index >= 15 is 0 Å². The van der Waals surface area contributed by atoms with Crippen molar-refractivity contribution in [2.45, 2.75) is 38.3 Å². The Balaban J connectivity index is 1.63. The van der Waals surface area contributed by atoms with E-state index in [0.717, 1.165) is 35.7 Å². The molecule has 0 bridgehead atoms. The summed E-state index contributed by atoms with van der Waals surface area (Å²) in [6.07, 6.45) is 8.59. The molecule has 7 heteroatoms. The van der Waals surface area contributed by atoms with Crippen LogP contribution >= 0.6 is 23.2 Å². The lowest BCUT2D eigenvalue weighted by molar-refractivity contribution is 0.102. The largest absolute Gasteiger partial charge is 0.381 e. The number of methoxy groups -OCH3 is 1. The molecule has 2 unspecified atom stereocenters. The summed E-state index contributed by atoms with van der Waals surface area (Å²) in [4.78, 5) is 16.6. The van der Waals surface area contributed by atoms with Crippen LogP contribution in [0.3, 0.4) is 0 Å². The molecule has 146 valence electrons. The van der Waals surface area contributed by atoms with Crippen LogP contribution in [0.2, 0.25) is 10.0 Å². The first-order valence-corrected chi connectivity index (χ1v) is 9.98. The van der Waals surface area contributed by atoms with Crippen LogP contribution in [0.4, 0.5) is 5.69 Å². The molecule has 28 heavy (non-hydrogen) atoms. The van der Waals surface area contributed by atoms with Gasteiger partial charge in [-0.1, -0.05) is 23.2 Å². The Labute approximate surface area is 173 Å². The minimum atomic E-state index is -0.260. The maximum absolute atomic E-state index is 12.7. The average Bonchev–Trinajstić information content (AvgIpc) is 3.29. The summed E-state index contributed by atoms with van der Waals surface area (Å²) < 4.78 is 7.84. The third-order valence-corrected chi connectivity index (χ3v) is 6.04. The second-order valence-corrected chi connectivity index (χ2v) is 8.02. The number of hydrogen-bond acceptors (Lipinski definition) is 3. The van der Waals surface area contributed by atoms with E-state index in [1.807, 2.05) is 18.2 Å². The Morgan fingerprint density at radius 1 is 1.25 bits per heavy atom. The fourth-order valence-electron chi connectivity index (χ4n) is 3.97. The Bertz CT molecular complexity index is 1030. The van der Waals surface area contributed by atoms with Gasteiger partial charge in [0.25, 0.3) is 5.91 Å². The third-order valence-electron chi connectivity index (χ3n) is 5.47. The first kappa shape index (κ1) is 19.2. The molecule has 1 aromatic carbocycles. The second kappa shape index (κ2) is 7.74. The van der Waals surface area contributed by atoms with E-state index in [2.05, 4.69) is 28.0 Å². The number of benzene rings is 1.